The molecule has 1 rings (SSSR count). The summed E-state index contributed by atoms with van der Waals surface area (Å²) in [4.78, 5) is 11.5. The maximum atomic E-state index is 12.1. The molecule has 0 aliphatic carbocycles. The molecule has 0 amide bonds. The molecule has 1 aromatic rings. The van der Waals surface area contributed by atoms with E-state index in [1.807, 2.05) is 0 Å². The van der Waals surface area contributed by atoms with Crippen LogP contribution in [-0.4, -0.2) is 32.5 Å². The van der Waals surface area contributed by atoms with Gasteiger partial charge in [-0.1, -0.05) is 18.3 Å². The van der Waals surface area contributed by atoms with Gasteiger partial charge < -0.3 is 10.5 Å². The molecule has 0 bridgehead atoms. The average Bonchev–Trinajstić information content (AvgIpc) is 2.38. The lowest BCUT2D eigenvalue weighted by Crippen LogP contribution is -2.27. The first-order valence-electron chi connectivity index (χ1n) is 6.33. The summed E-state index contributed by atoms with van der Waals surface area (Å²) in [6, 6.07) is 4.48. The third kappa shape index (κ3) is 5.07. The first kappa shape index (κ1) is 17.5. The highest BCUT2D eigenvalue weighted by Gasteiger charge is 2.16. The van der Waals surface area contributed by atoms with E-state index in [1.165, 1.54) is 12.1 Å². The van der Waals surface area contributed by atoms with Crippen LogP contribution in [-0.2, 0) is 19.6 Å². The van der Waals surface area contributed by atoms with Crippen molar-refractivity contribution in [2.75, 3.05) is 13.2 Å². The molecule has 6 nitrogen and oxygen atoms in total. The Morgan fingerprint density at radius 3 is 2.62 bits per heavy atom. The second-order valence-corrected chi connectivity index (χ2v) is 6.50. The number of sulfonamides is 1. The summed E-state index contributed by atoms with van der Waals surface area (Å²) in [6.07, 6.45) is -0.0168. The van der Waals surface area contributed by atoms with Gasteiger partial charge >= 0.3 is 5.97 Å². The molecule has 0 spiro atoms. The van der Waals surface area contributed by atoms with Crippen molar-refractivity contribution < 1.29 is 17.9 Å². The predicted molar refractivity (Wildman–Crippen MR) is 83.5 cm³/mol. The lowest BCUT2D eigenvalue weighted by atomic mass is 10.1. The van der Waals surface area contributed by atoms with E-state index in [2.05, 4.69) is 4.72 Å². The van der Waals surface area contributed by atoms with Gasteiger partial charge in [0.15, 0.2) is 0 Å². The molecule has 0 radical (unpaired) electrons. The molecule has 0 unspecified atom stereocenters. The Morgan fingerprint density at radius 2 is 2.10 bits per heavy atom. The van der Waals surface area contributed by atoms with Crippen molar-refractivity contribution in [1.82, 2.24) is 4.72 Å². The number of hydrogen-bond donors (Lipinski definition) is 2. The van der Waals surface area contributed by atoms with E-state index >= 15 is 0 Å². The fourth-order valence-corrected chi connectivity index (χ4v) is 3.03. The highest BCUT2D eigenvalue weighted by atomic mass is 32.2. The molecule has 3 N–H and O–H groups in total. The van der Waals surface area contributed by atoms with Crippen molar-refractivity contribution in [2.24, 2.45) is 5.73 Å². The summed E-state index contributed by atoms with van der Waals surface area (Å²) >= 11 is 4.87. The van der Waals surface area contributed by atoms with E-state index in [4.69, 9.17) is 22.7 Å². The van der Waals surface area contributed by atoms with Gasteiger partial charge in [-0.3, -0.25) is 4.79 Å². The number of hydrogen-bond acceptors (Lipinski definition) is 5. The van der Waals surface area contributed by atoms with Crippen LogP contribution in [0.25, 0.3) is 0 Å². The Balaban J connectivity index is 2.77. The minimum absolute atomic E-state index is 0.0166. The number of nitrogens with two attached hydrogens (primary N) is 1. The van der Waals surface area contributed by atoms with Crippen LogP contribution in [0.2, 0.25) is 0 Å². The minimum atomic E-state index is -3.68. The molecule has 0 heterocycles. The molecule has 21 heavy (non-hydrogen) atoms. The third-order valence-electron chi connectivity index (χ3n) is 2.70. The maximum absolute atomic E-state index is 12.1. The quantitative estimate of drug-likeness (QED) is 0.568. The Kier molecular flexibility index (Phi) is 6.25. The van der Waals surface area contributed by atoms with Crippen LogP contribution in [0.4, 0.5) is 0 Å². The fraction of sp³-hybridized carbons (Fsp3) is 0.385. The standard InChI is InChI=1S/C13H18N2O4S2/c1-3-19-12(16)6-7-15-21(17,18)10-4-5-11(13(14)20)9(2)8-10/h4-5,8,15H,3,6-7H2,1-2H3,(H2,14,20). The van der Waals surface area contributed by atoms with Crippen LogP contribution in [0, 0.1) is 6.92 Å². The summed E-state index contributed by atoms with van der Waals surface area (Å²) in [6.45, 7) is 3.67. The molecule has 0 fully saturated rings. The van der Waals surface area contributed by atoms with Gasteiger partial charge in [0.1, 0.15) is 4.99 Å². The predicted octanol–water partition coefficient (Wildman–Crippen LogP) is 0.861. The van der Waals surface area contributed by atoms with E-state index in [-0.39, 0.29) is 29.5 Å². The summed E-state index contributed by atoms with van der Waals surface area (Å²) < 4.78 is 31.2. The molecule has 0 atom stereocenters. The molecule has 0 aliphatic heterocycles. The lowest BCUT2D eigenvalue weighted by Gasteiger charge is -2.09. The first-order chi connectivity index (χ1) is 9.77. The van der Waals surface area contributed by atoms with Crippen molar-refractivity contribution in [1.29, 1.82) is 0 Å². The van der Waals surface area contributed by atoms with Crippen LogP contribution in [0.5, 0.6) is 0 Å². The minimum Gasteiger partial charge on any atom is -0.466 e. The van der Waals surface area contributed by atoms with Crippen molar-refractivity contribution in [2.45, 2.75) is 25.2 Å². The summed E-state index contributed by atoms with van der Waals surface area (Å²) in [5.74, 6) is -0.444. The number of rotatable bonds is 7. The van der Waals surface area contributed by atoms with Crippen molar-refractivity contribution in [3.63, 3.8) is 0 Å². The Bertz CT molecular complexity index is 642. The molecular formula is C13H18N2O4S2. The Hall–Kier alpha value is -1.51. The first-order valence-corrected chi connectivity index (χ1v) is 8.22. The molecule has 0 saturated heterocycles. The molecule has 0 aliphatic rings. The van der Waals surface area contributed by atoms with Crippen LogP contribution in [0.15, 0.2) is 23.1 Å². The van der Waals surface area contributed by atoms with Crippen LogP contribution < -0.4 is 10.5 Å². The highest BCUT2D eigenvalue weighted by Crippen LogP contribution is 2.15. The number of aryl methyl sites for hydroxylation is 1. The fourth-order valence-electron chi connectivity index (χ4n) is 1.68. The largest absolute Gasteiger partial charge is 0.466 e. The maximum Gasteiger partial charge on any atom is 0.307 e. The number of ether oxygens (including phenoxy) is 1. The smallest absolute Gasteiger partial charge is 0.307 e. The van der Waals surface area contributed by atoms with Crippen molar-refractivity contribution >= 4 is 33.2 Å². The molecule has 8 heteroatoms. The number of benzene rings is 1. The molecule has 0 aromatic heterocycles. The second kappa shape index (κ2) is 7.48. The van der Waals surface area contributed by atoms with Gasteiger partial charge in [0.25, 0.3) is 0 Å². The number of esters is 1. The van der Waals surface area contributed by atoms with Gasteiger partial charge in [0, 0.05) is 12.1 Å². The van der Waals surface area contributed by atoms with E-state index in [9.17, 15) is 13.2 Å². The lowest BCUT2D eigenvalue weighted by molar-refractivity contribution is -0.142. The van der Waals surface area contributed by atoms with E-state index in [1.54, 1.807) is 19.9 Å². The molecule has 1 aromatic carbocycles. The van der Waals surface area contributed by atoms with Crippen LogP contribution in [0.1, 0.15) is 24.5 Å². The van der Waals surface area contributed by atoms with E-state index < -0.39 is 16.0 Å². The van der Waals surface area contributed by atoms with Gasteiger partial charge in [-0.15, -0.1) is 0 Å². The van der Waals surface area contributed by atoms with E-state index in [0.717, 1.165) is 0 Å². The van der Waals surface area contributed by atoms with Gasteiger partial charge in [0.2, 0.25) is 10.0 Å². The van der Waals surface area contributed by atoms with Gasteiger partial charge in [-0.2, -0.15) is 0 Å². The van der Waals surface area contributed by atoms with Crippen LogP contribution in [0.3, 0.4) is 0 Å². The third-order valence-corrected chi connectivity index (χ3v) is 4.38. The topological polar surface area (TPSA) is 98.5 Å². The number of nitrogens with one attached hydrogen (secondary N) is 1. The van der Waals surface area contributed by atoms with Crippen LogP contribution >= 0.6 is 12.2 Å². The second-order valence-electron chi connectivity index (χ2n) is 4.29. The van der Waals surface area contributed by atoms with Gasteiger partial charge in [-0.25, -0.2) is 13.1 Å². The highest BCUT2D eigenvalue weighted by molar-refractivity contribution is 7.89. The zero-order valence-electron chi connectivity index (χ0n) is 11.9. The number of carbonyl (C=O) groups excluding carboxylic acids is 1. The molecule has 0 saturated carbocycles. The van der Waals surface area contributed by atoms with Gasteiger partial charge in [0.05, 0.1) is 17.9 Å². The normalized spacial score (nSPS) is 11.1. The summed E-state index contributed by atoms with van der Waals surface area (Å²) in [7, 11) is -3.68. The summed E-state index contributed by atoms with van der Waals surface area (Å²) in [5, 5.41) is 0. The Morgan fingerprint density at radius 1 is 1.43 bits per heavy atom. The average molecular weight is 330 g/mol. The number of carbonyl (C=O) groups is 1. The van der Waals surface area contributed by atoms with E-state index in [0.29, 0.717) is 11.1 Å². The zero-order chi connectivity index (χ0) is 16.0. The summed E-state index contributed by atoms with van der Waals surface area (Å²) in [5.41, 5.74) is 6.84. The van der Waals surface area contributed by atoms with Crippen molar-refractivity contribution in [3.8, 4) is 0 Å². The monoisotopic (exact) mass is 330 g/mol. The molecule has 116 valence electrons. The number of thiocarbonyl (C=S) groups is 1. The van der Waals surface area contributed by atoms with Gasteiger partial charge in [-0.05, 0) is 31.5 Å². The molecular weight excluding hydrogens is 312 g/mol. The Labute approximate surface area is 129 Å². The zero-order valence-corrected chi connectivity index (χ0v) is 13.5. The van der Waals surface area contributed by atoms with Crippen molar-refractivity contribution in [3.05, 3.63) is 29.3 Å². The SMILES string of the molecule is CCOC(=O)CCNS(=O)(=O)c1ccc(C(N)=S)c(C)c1.